The Morgan fingerprint density at radius 3 is 2.88 bits per heavy atom. The maximum absolute atomic E-state index is 13.7. The highest BCUT2D eigenvalue weighted by molar-refractivity contribution is 6.31. The fourth-order valence-corrected chi connectivity index (χ4v) is 2.51. The van der Waals surface area contributed by atoms with E-state index in [-0.39, 0.29) is 5.82 Å². The first-order chi connectivity index (χ1) is 7.65. The molecule has 0 aromatic heterocycles. The molecule has 0 saturated carbocycles. The summed E-state index contributed by atoms with van der Waals surface area (Å²) in [6, 6.07) is 1.32. The van der Waals surface area contributed by atoms with E-state index in [4.69, 9.17) is 16.3 Å². The van der Waals surface area contributed by atoms with E-state index in [2.05, 4.69) is 5.32 Å². The Hall–Kier alpha value is -0.800. The molecule has 1 atom stereocenters. The molecule has 0 bridgehead atoms. The van der Waals surface area contributed by atoms with Crippen molar-refractivity contribution in [3.63, 3.8) is 0 Å². The van der Waals surface area contributed by atoms with Crippen molar-refractivity contribution in [2.24, 2.45) is 0 Å². The molecule has 1 aliphatic rings. The number of nitrogens with one attached hydrogen (secondary N) is 1. The third-order valence-electron chi connectivity index (χ3n) is 3.15. The minimum absolute atomic E-state index is 0.295. The molecular weight excluding hydrogens is 229 g/mol. The molecule has 16 heavy (non-hydrogen) atoms. The fraction of sp³-hybridized carbons (Fsp3) is 0.500. The van der Waals surface area contributed by atoms with Crippen molar-refractivity contribution in [2.45, 2.75) is 19.3 Å². The SMILES string of the molecule is COc1c(F)cc(Cl)c(C)c1C1CCNC1. The summed E-state index contributed by atoms with van der Waals surface area (Å²) < 4.78 is 18.9. The van der Waals surface area contributed by atoms with Crippen molar-refractivity contribution in [1.82, 2.24) is 5.32 Å². The maximum atomic E-state index is 13.7. The molecule has 1 unspecified atom stereocenters. The Labute approximate surface area is 99.7 Å². The van der Waals surface area contributed by atoms with Gasteiger partial charge in [-0.15, -0.1) is 0 Å². The van der Waals surface area contributed by atoms with Gasteiger partial charge in [0.15, 0.2) is 11.6 Å². The van der Waals surface area contributed by atoms with Crippen LogP contribution in [-0.4, -0.2) is 20.2 Å². The van der Waals surface area contributed by atoms with Gasteiger partial charge >= 0.3 is 0 Å². The Balaban J connectivity index is 2.54. The van der Waals surface area contributed by atoms with Crippen LogP contribution in [0.2, 0.25) is 5.02 Å². The molecule has 2 nitrogen and oxygen atoms in total. The monoisotopic (exact) mass is 243 g/mol. The van der Waals surface area contributed by atoms with Gasteiger partial charge in [0, 0.05) is 23.0 Å². The van der Waals surface area contributed by atoms with E-state index < -0.39 is 0 Å². The van der Waals surface area contributed by atoms with E-state index in [1.54, 1.807) is 0 Å². The van der Waals surface area contributed by atoms with Crippen LogP contribution in [0, 0.1) is 12.7 Å². The quantitative estimate of drug-likeness (QED) is 0.863. The van der Waals surface area contributed by atoms with Crippen LogP contribution in [0.4, 0.5) is 4.39 Å². The zero-order valence-corrected chi connectivity index (χ0v) is 10.2. The molecule has 0 spiro atoms. The van der Waals surface area contributed by atoms with Gasteiger partial charge in [-0.2, -0.15) is 0 Å². The Bertz CT molecular complexity index is 402. The van der Waals surface area contributed by atoms with Crippen LogP contribution in [0.5, 0.6) is 5.75 Å². The van der Waals surface area contributed by atoms with Crippen molar-refractivity contribution >= 4 is 11.6 Å². The highest BCUT2D eigenvalue weighted by Gasteiger charge is 2.25. The maximum Gasteiger partial charge on any atom is 0.166 e. The number of benzene rings is 1. The van der Waals surface area contributed by atoms with Crippen LogP contribution in [-0.2, 0) is 0 Å². The molecule has 0 aliphatic carbocycles. The number of rotatable bonds is 2. The molecule has 1 saturated heterocycles. The standard InChI is InChI=1S/C12H15ClFNO/c1-7-9(13)5-10(14)12(16-2)11(7)8-3-4-15-6-8/h5,8,15H,3-4,6H2,1-2H3. The summed E-state index contributed by atoms with van der Waals surface area (Å²) in [6.45, 7) is 3.73. The smallest absolute Gasteiger partial charge is 0.166 e. The largest absolute Gasteiger partial charge is 0.493 e. The minimum Gasteiger partial charge on any atom is -0.493 e. The molecule has 88 valence electrons. The van der Waals surface area contributed by atoms with Gasteiger partial charge in [-0.05, 0) is 31.5 Å². The normalized spacial score (nSPS) is 20.1. The van der Waals surface area contributed by atoms with Gasteiger partial charge < -0.3 is 10.1 Å². The van der Waals surface area contributed by atoms with E-state index in [0.717, 1.165) is 30.6 Å². The summed E-state index contributed by atoms with van der Waals surface area (Å²) in [5.41, 5.74) is 1.84. The van der Waals surface area contributed by atoms with Gasteiger partial charge in [-0.25, -0.2) is 4.39 Å². The van der Waals surface area contributed by atoms with Crippen LogP contribution in [0.1, 0.15) is 23.5 Å². The average molecular weight is 244 g/mol. The van der Waals surface area contributed by atoms with Gasteiger partial charge in [-0.1, -0.05) is 11.6 Å². The lowest BCUT2D eigenvalue weighted by Gasteiger charge is -2.18. The summed E-state index contributed by atoms with van der Waals surface area (Å²) in [5, 5.41) is 3.74. The molecule has 1 fully saturated rings. The third-order valence-corrected chi connectivity index (χ3v) is 3.54. The molecule has 0 radical (unpaired) electrons. The second-order valence-electron chi connectivity index (χ2n) is 4.10. The second-order valence-corrected chi connectivity index (χ2v) is 4.51. The number of hydrogen-bond donors (Lipinski definition) is 1. The van der Waals surface area contributed by atoms with Gasteiger partial charge in [0.1, 0.15) is 0 Å². The molecular formula is C12H15ClFNO. The fourth-order valence-electron chi connectivity index (χ4n) is 2.31. The molecule has 2 rings (SSSR count). The van der Waals surface area contributed by atoms with Crippen molar-refractivity contribution < 1.29 is 9.13 Å². The Morgan fingerprint density at radius 2 is 2.31 bits per heavy atom. The van der Waals surface area contributed by atoms with Crippen molar-refractivity contribution in [2.75, 3.05) is 20.2 Å². The second kappa shape index (κ2) is 4.60. The van der Waals surface area contributed by atoms with E-state index >= 15 is 0 Å². The summed E-state index contributed by atoms with van der Waals surface area (Å²) in [5.74, 6) is 0.263. The summed E-state index contributed by atoms with van der Waals surface area (Å²) in [4.78, 5) is 0. The van der Waals surface area contributed by atoms with Gasteiger partial charge in [0.25, 0.3) is 0 Å². The first-order valence-corrected chi connectivity index (χ1v) is 5.76. The molecule has 4 heteroatoms. The highest BCUT2D eigenvalue weighted by Crippen LogP contribution is 2.38. The van der Waals surface area contributed by atoms with E-state index in [9.17, 15) is 4.39 Å². The third kappa shape index (κ3) is 1.89. The van der Waals surface area contributed by atoms with E-state index in [1.807, 2.05) is 6.92 Å². The van der Waals surface area contributed by atoms with Crippen LogP contribution in [0.3, 0.4) is 0 Å². The van der Waals surface area contributed by atoms with Crippen LogP contribution >= 0.6 is 11.6 Å². The van der Waals surface area contributed by atoms with Crippen molar-refractivity contribution in [3.05, 3.63) is 28.0 Å². The zero-order valence-electron chi connectivity index (χ0n) is 9.44. The number of hydrogen-bond acceptors (Lipinski definition) is 2. The lowest BCUT2D eigenvalue weighted by molar-refractivity contribution is 0.378. The Kier molecular flexibility index (Phi) is 3.36. The lowest BCUT2D eigenvalue weighted by Crippen LogP contribution is -2.10. The number of methoxy groups -OCH3 is 1. The van der Waals surface area contributed by atoms with E-state index in [1.165, 1.54) is 13.2 Å². The first kappa shape index (κ1) is 11.7. The predicted octanol–water partition coefficient (Wildman–Crippen LogP) is 2.87. The molecule has 1 heterocycles. The summed E-state index contributed by atoms with van der Waals surface area (Å²) in [7, 11) is 1.50. The molecule has 1 N–H and O–H groups in total. The van der Waals surface area contributed by atoms with Crippen molar-refractivity contribution in [1.29, 1.82) is 0 Å². The molecule has 0 amide bonds. The van der Waals surface area contributed by atoms with Crippen LogP contribution in [0.25, 0.3) is 0 Å². The molecule has 1 aromatic carbocycles. The van der Waals surface area contributed by atoms with Gasteiger partial charge in [-0.3, -0.25) is 0 Å². The molecule has 1 aromatic rings. The lowest BCUT2D eigenvalue weighted by atomic mass is 9.93. The van der Waals surface area contributed by atoms with Gasteiger partial charge in [0.05, 0.1) is 7.11 Å². The van der Waals surface area contributed by atoms with Gasteiger partial charge in [0.2, 0.25) is 0 Å². The van der Waals surface area contributed by atoms with E-state index in [0.29, 0.717) is 16.7 Å². The highest BCUT2D eigenvalue weighted by atomic mass is 35.5. The number of halogens is 2. The Morgan fingerprint density at radius 1 is 1.56 bits per heavy atom. The van der Waals surface area contributed by atoms with Crippen molar-refractivity contribution in [3.8, 4) is 5.75 Å². The molecule has 1 aliphatic heterocycles. The number of ether oxygens (including phenoxy) is 1. The predicted molar refractivity (Wildman–Crippen MR) is 62.9 cm³/mol. The summed E-state index contributed by atoms with van der Waals surface area (Å²) >= 11 is 6.01. The van der Waals surface area contributed by atoms with Crippen LogP contribution < -0.4 is 10.1 Å². The van der Waals surface area contributed by atoms with Crippen LogP contribution in [0.15, 0.2) is 6.07 Å². The topological polar surface area (TPSA) is 21.3 Å². The minimum atomic E-state index is -0.375. The average Bonchev–Trinajstić information content (AvgIpc) is 2.76. The first-order valence-electron chi connectivity index (χ1n) is 5.38. The zero-order chi connectivity index (χ0) is 11.7. The summed E-state index contributed by atoms with van der Waals surface area (Å²) in [6.07, 6.45) is 0.997.